The fourth-order valence-electron chi connectivity index (χ4n) is 1.25. The van der Waals surface area contributed by atoms with Crippen molar-refractivity contribution in [2.24, 2.45) is 5.41 Å². The molecule has 2 atom stereocenters. The largest absolute Gasteiger partial charge is 0.393 e. The van der Waals surface area contributed by atoms with E-state index >= 15 is 0 Å². The number of hydrogen-bond donors (Lipinski definition) is 1. The van der Waals surface area contributed by atoms with E-state index in [0.717, 1.165) is 19.3 Å². The molecule has 0 amide bonds. The van der Waals surface area contributed by atoms with Gasteiger partial charge >= 0.3 is 0 Å². The zero-order valence-corrected chi connectivity index (χ0v) is 7.65. The quantitative estimate of drug-likeness (QED) is 0.643. The molecule has 0 bridgehead atoms. The van der Waals surface area contributed by atoms with Gasteiger partial charge in [-0.3, -0.25) is 0 Å². The lowest BCUT2D eigenvalue weighted by Crippen LogP contribution is -2.28. The molecule has 0 aromatic rings. The third kappa shape index (κ3) is 2.30. The van der Waals surface area contributed by atoms with Crippen molar-refractivity contribution in [2.75, 3.05) is 0 Å². The van der Waals surface area contributed by atoms with Crippen molar-refractivity contribution < 1.29 is 5.11 Å². The fourth-order valence-corrected chi connectivity index (χ4v) is 1.25. The maximum atomic E-state index is 9.40. The van der Waals surface area contributed by atoms with Gasteiger partial charge in [-0.05, 0) is 25.2 Å². The molecule has 0 aliphatic heterocycles. The Morgan fingerprint density at radius 1 is 1.40 bits per heavy atom. The molecule has 0 heterocycles. The predicted octanol–water partition coefficient (Wildman–Crippen LogP) is 2.58. The Kier molecular flexibility index (Phi) is 3.95. The van der Waals surface area contributed by atoms with E-state index < -0.39 is 0 Å². The smallest absolute Gasteiger partial charge is 0.0565 e. The summed E-state index contributed by atoms with van der Waals surface area (Å²) in [5, 5.41) is 9.40. The van der Waals surface area contributed by atoms with E-state index in [-0.39, 0.29) is 11.5 Å². The maximum Gasteiger partial charge on any atom is 0.0565 e. The van der Waals surface area contributed by atoms with Crippen LogP contribution in [0, 0.1) is 5.41 Å². The first-order chi connectivity index (χ1) is 4.56. The van der Waals surface area contributed by atoms with Crippen LogP contribution in [-0.2, 0) is 0 Å². The third-order valence-corrected chi connectivity index (χ3v) is 2.64. The van der Waals surface area contributed by atoms with Gasteiger partial charge in [-0.25, -0.2) is 0 Å². The predicted molar refractivity (Wildman–Crippen MR) is 45.0 cm³/mol. The van der Waals surface area contributed by atoms with Gasteiger partial charge in [-0.15, -0.1) is 0 Å². The molecule has 0 rings (SSSR count). The van der Waals surface area contributed by atoms with Crippen molar-refractivity contribution in [2.45, 2.75) is 53.1 Å². The van der Waals surface area contributed by atoms with Crippen LogP contribution in [0.15, 0.2) is 0 Å². The molecule has 0 aromatic heterocycles. The molecular weight excluding hydrogens is 124 g/mol. The van der Waals surface area contributed by atoms with Crippen molar-refractivity contribution >= 4 is 0 Å². The van der Waals surface area contributed by atoms with Crippen LogP contribution in [0.2, 0.25) is 0 Å². The lowest BCUT2D eigenvalue weighted by Gasteiger charge is -2.30. The average molecular weight is 144 g/mol. The second kappa shape index (κ2) is 3.97. The summed E-state index contributed by atoms with van der Waals surface area (Å²) in [6.45, 7) is 8.35. The zero-order valence-electron chi connectivity index (χ0n) is 7.65. The Bertz CT molecular complexity index is 88.7. The molecule has 10 heavy (non-hydrogen) atoms. The van der Waals surface area contributed by atoms with Crippen LogP contribution in [0.1, 0.15) is 47.0 Å². The lowest BCUT2D eigenvalue weighted by atomic mass is 9.78. The van der Waals surface area contributed by atoms with Gasteiger partial charge in [0.25, 0.3) is 0 Å². The van der Waals surface area contributed by atoms with Gasteiger partial charge in [0, 0.05) is 0 Å². The molecule has 0 aliphatic rings. The van der Waals surface area contributed by atoms with E-state index in [9.17, 15) is 5.11 Å². The number of rotatable bonds is 4. The van der Waals surface area contributed by atoms with Crippen LogP contribution >= 0.6 is 0 Å². The highest BCUT2D eigenvalue weighted by Crippen LogP contribution is 2.30. The molecule has 0 saturated heterocycles. The van der Waals surface area contributed by atoms with Gasteiger partial charge < -0.3 is 5.11 Å². The molecule has 62 valence electrons. The first-order valence-corrected chi connectivity index (χ1v) is 4.25. The van der Waals surface area contributed by atoms with Crippen LogP contribution in [0.5, 0.6) is 0 Å². The van der Waals surface area contributed by atoms with Crippen LogP contribution < -0.4 is 0 Å². The van der Waals surface area contributed by atoms with Crippen molar-refractivity contribution in [3.8, 4) is 0 Å². The molecule has 0 fully saturated rings. The summed E-state index contributed by atoms with van der Waals surface area (Å²) in [6, 6.07) is 0. The Morgan fingerprint density at radius 2 is 1.90 bits per heavy atom. The topological polar surface area (TPSA) is 20.2 Å². The molecule has 1 heteroatoms. The van der Waals surface area contributed by atoms with Crippen LogP contribution in [0.3, 0.4) is 0 Å². The van der Waals surface area contributed by atoms with Gasteiger partial charge in [-0.2, -0.15) is 0 Å². The highest BCUT2D eigenvalue weighted by molar-refractivity contribution is 4.77. The Labute approximate surface area is 64.5 Å². The Hall–Kier alpha value is -0.0400. The van der Waals surface area contributed by atoms with Crippen molar-refractivity contribution in [3.63, 3.8) is 0 Å². The second-order valence-corrected chi connectivity index (χ2v) is 3.43. The summed E-state index contributed by atoms with van der Waals surface area (Å²) in [5.41, 5.74) is 0.148. The standard InChI is InChI=1S/C9H20O/c1-5-7-9(4,6-2)8(3)10/h8,10H,5-7H2,1-4H3/t8-,9?/m1/s1. The number of aliphatic hydroxyl groups excluding tert-OH is 1. The minimum Gasteiger partial charge on any atom is -0.393 e. The number of aliphatic hydroxyl groups is 1. The van der Waals surface area contributed by atoms with Gasteiger partial charge in [0.1, 0.15) is 0 Å². The van der Waals surface area contributed by atoms with Crippen LogP contribution in [0.25, 0.3) is 0 Å². The second-order valence-electron chi connectivity index (χ2n) is 3.43. The summed E-state index contributed by atoms with van der Waals surface area (Å²) in [5.74, 6) is 0. The average Bonchev–Trinajstić information content (AvgIpc) is 1.88. The zero-order chi connectivity index (χ0) is 8.20. The van der Waals surface area contributed by atoms with E-state index in [1.54, 1.807) is 0 Å². The minimum atomic E-state index is -0.169. The molecular formula is C9H20O. The first-order valence-electron chi connectivity index (χ1n) is 4.25. The van der Waals surface area contributed by atoms with Crippen LogP contribution in [-0.4, -0.2) is 11.2 Å². The summed E-state index contributed by atoms with van der Waals surface area (Å²) in [4.78, 5) is 0. The lowest BCUT2D eigenvalue weighted by molar-refractivity contribution is 0.0419. The number of hydrogen-bond acceptors (Lipinski definition) is 1. The van der Waals surface area contributed by atoms with Crippen molar-refractivity contribution in [3.05, 3.63) is 0 Å². The van der Waals surface area contributed by atoms with Crippen molar-refractivity contribution in [1.82, 2.24) is 0 Å². The fraction of sp³-hybridized carbons (Fsp3) is 1.00. The highest BCUT2D eigenvalue weighted by Gasteiger charge is 2.26. The molecule has 0 aliphatic carbocycles. The summed E-state index contributed by atoms with van der Waals surface area (Å²) < 4.78 is 0. The molecule has 1 N–H and O–H groups in total. The normalized spacial score (nSPS) is 20.1. The molecule has 1 unspecified atom stereocenters. The maximum absolute atomic E-state index is 9.40. The van der Waals surface area contributed by atoms with Crippen molar-refractivity contribution in [1.29, 1.82) is 0 Å². The van der Waals surface area contributed by atoms with Gasteiger partial charge in [0.05, 0.1) is 6.10 Å². The van der Waals surface area contributed by atoms with E-state index in [1.807, 2.05) is 6.92 Å². The van der Waals surface area contributed by atoms with E-state index in [0.29, 0.717) is 0 Å². The summed E-state index contributed by atoms with van der Waals surface area (Å²) in [6.07, 6.45) is 3.19. The minimum absolute atomic E-state index is 0.148. The van der Waals surface area contributed by atoms with E-state index in [2.05, 4.69) is 20.8 Å². The van der Waals surface area contributed by atoms with Gasteiger partial charge in [0.15, 0.2) is 0 Å². The highest BCUT2D eigenvalue weighted by atomic mass is 16.3. The molecule has 0 spiro atoms. The van der Waals surface area contributed by atoms with E-state index in [1.165, 1.54) is 0 Å². The molecule has 0 radical (unpaired) electrons. The summed E-state index contributed by atoms with van der Waals surface area (Å²) in [7, 11) is 0. The Balaban J connectivity index is 3.94. The molecule has 0 aromatic carbocycles. The van der Waals surface area contributed by atoms with Gasteiger partial charge in [0.2, 0.25) is 0 Å². The SMILES string of the molecule is CCCC(C)(CC)[C@@H](C)O. The summed E-state index contributed by atoms with van der Waals surface area (Å²) >= 11 is 0. The monoisotopic (exact) mass is 144 g/mol. The van der Waals surface area contributed by atoms with Gasteiger partial charge in [-0.1, -0.05) is 27.2 Å². The van der Waals surface area contributed by atoms with E-state index in [4.69, 9.17) is 0 Å². The third-order valence-electron chi connectivity index (χ3n) is 2.64. The first kappa shape index (κ1) is 9.96. The van der Waals surface area contributed by atoms with Crippen LogP contribution in [0.4, 0.5) is 0 Å². The molecule has 1 nitrogen and oxygen atoms in total. The Morgan fingerprint density at radius 3 is 2.00 bits per heavy atom. The molecule has 0 saturated carbocycles.